The topological polar surface area (TPSA) is 162 Å². The lowest BCUT2D eigenvalue weighted by atomic mass is 10.0. The van der Waals surface area contributed by atoms with E-state index in [-0.39, 0.29) is 39.6 Å². The van der Waals surface area contributed by atoms with Gasteiger partial charge in [0.15, 0.2) is 17.4 Å². The van der Waals surface area contributed by atoms with Gasteiger partial charge >= 0.3 is 0 Å². The first-order valence-corrected chi connectivity index (χ1v) is 16.1. The Morgan fingerprint density at radius 3 is 2.66 bits per heavy atom. The number of hydrogen-bond donors (Lipinski definition) is 2. The Kier molecular flexibility index (Phi) is 7.09. The number of nitrogens with zero attached hydrogens (tertiary/aromatic N) is 5. The molecule has 1 aliphatic heterocycles. The van der Waals surface area contributed by atoms with Crippen LogP contribution in [0.25, 0.3) is 56.1 Å². The van der Waals surface area contributed by atoms with E-state index in [0.29, 0.717) is 39.4 Å². The zero-order chi connectivity index (χ0) is 33.2. The summed E-state index contributed by atoms with van der Waals surface area (Å²) >= 11 is 0. The molecule has 13 nitrogen and oxygen atoms in total. The molecule has 0 aliphatic carbocycles. The number of aliphatic hydroxyl groups is 1. The quantitative estimate of drug-likeness (QED) is 0.252. The normalized spacial score (nSPS) is 14.0. The van der Waals surface area contributed by atoms with Crippen molar-refractivity contribution in [3.05, 3.63) is 72.2 Å². The van der Waals surface area contributed by atoms with Gasteiger partial charge in [0.1, 0.15) is 22.6 Å². The standard InChI is InChI=1S/C32H27FN6O7S/c1-34-32(41)27-18-12-17(22(38(2)47(4,42)43)13-24(18)46-30(27)16-8-11-25(44-3)35-14-16)20-9-10-23-29(36-20)31-37-28-19(33)6-5-7-21(28)39(31)26(15-40)45-23/h5-14,26,40H,15H2,1-4H3,(H,34,41)/t26-/m0/s1. The third-order valence-electron chi connectivity index (χ3n) is 8.03. The highest BCUT2D eigenvalue weighted by Gasteiger charge is 2.32. The number of ether oxygens (including phenoxy) is 2. The molecule has 5 heterocycles. The summed E-state index contributed by atoms with van der Waals surface area (Å²) in [5, 5.41) is 13.2. The fourth-order valence-electron chi connectivity index (χ4n) is 5.68. The van der Waals surface area contributed by atoms with Crippen LogP contribution < -0.4 is 19.1 Å². The summed E-state index contributed by atoms with van der Waals surface area (Å²) in [6.07, 6.45) is 1.69. The molecule has 6 aromatic rings. The molecule has 0 radical (unpaired) electrons. The minimum atomic E-state index is -3.79. The second-order valence-electron chi connectivity index (χ2n) is 10.8. The highest BCUT2D eigenvalue weighted by Crippen LogP contribution is 2.44. The van der Waals surface area contributed by atoms with Crippen molar-refractivity contribution >= 4 is 43.6 Å². The Morgan fingerprint density at radius 1 is 1.17 bits per heavy atom. The van der Waals surface area contributed by atoms with E-state index in [0.717, 1.165) is 10.6 Å². The number of benzene rings is 2. The van der Waals surface area contributed by atoms with Crippen LogP contribution in [0.2, 0.25) is 0 Å². The fraction of sp³-hybridized carbons (Fsp3) is 0.188. The summed E-state index contributed by atoms with van der Waals surface area (Å²) < 4.78 is 60.6. The molecule has 1 amide bonds. The lowest BCUT2D eigenvalue weighted by Gasteiger charge is -2.27. The van der Waals surface area contributed by atoms with E-state index in [1.54, 1.807) is 41.0 Å². The van der Waals surface area contributed by atoms with Crippen molar-refractivity contribution in [2.75, 3.05) is 38.4 Å². The molecule has 2 aromatic carbocycles. The molecule has 1 atom stereocenters. The van der Waals surface area contributed by atoms with Gasteiger partial charge < -0.3 is 24.3 Å². The Balaban J connectivity index is 1.49. The number of pyridine rings is 2. The van der Waals surface area contributed by atoms with Gasteiger partial charge in [0.25, 0.3) is 5.91 Å². The van der Waals surface area contributed by atoms with Gasteiger partial charge in [0.2, 0.25) is 22.1 Å². The van der Waals surface area contributed by atoms with Crippen LogP contribution in [0.5, 0.6) is 11.6 Å². The third-order valence-corrected chi connectivity index (χ3v) is 9.22. The molecule has 15 heteroatoms. The van der Waals surface area contributed by atoms with Crippen molar-refractivity contribution in [3.8, 4) is 45.7 Å². The zero-order valence-electron chi connectivity index (χ0n) is 25.5. The molecule has 240 valence electrons. The molecule has 0 saturated carbocycles. The lowest BCUT2D eigenvalue weighted by Crippen LogP contribution is -2.26. The Bertz CT molecular complexity index is 2340. The minimum absolute atomic E-state index is 0.0812. The number of para-hydroxylation sites is 1. The molecule has 4 aromatic heterocycles. The van der Waals surface area contributed by atoms with Gasteiger partial charge in [-0.3, -0.25) is 13.7 Å². The van der Waals surface area contributed by atoms with Crippen molar-refractivity contribution in [2.24, 2.45) is 0 Å². The van der Waals surface area contributed by atoms with Crippen LogP contribution in [0.4, 0.5) is 10.1 Å². The third kappa shape index (κ3) is 4.82. The maximum atomic E-state index is 14.8. The maximum Gasteiger partial charge on any atom is 0.255 e. The number of furan rings is 1. The molecule has 0 fully saturated rings. The first-order chi connectivity index (χ1) is 22.5. The smallest absolute Gasteiger partial charge is 0.255 e. The first kappa shape index (κ1) is 30.1. The highest BCUT2D eigenvalue weighted by atomic mass is 32.2. The number of aromatic nitrogens is 4. The van der Waals surface area contributed by atoms with Crippen LogP contribution in [-0.4, -0.2) is 73.0 Å². The SMILES string of the molecule is CNC(=O)c1c(-c2ccc(OC)nc2)oc2cc(N(C)S(C)(=O)=O)c(-c3ccc4c(n3)-c3nc5c(F)cccc5n3[C@H](CO)O4)cc12. The number of amides is 1. The van der Waals surface area contributed by atoms with Gasteiger partial charge in [-0.15, -0.1) is 0 Å². The molecule has 0 bridgehead atoms. The highest BCUT2D eigenvalue weighted by molar-refractivity contribution is 7.92. The molecular weight excluding hydrogens is 631 g/mol. The second-order valence-corrected chi connectivity index (χ2v) is 12.8. The van der Waals surface area contributed by atoms with Crippen LogP contribution in [0.15, 0.2) is 65.2 Å². The van der Waals surface area contributed by atoms with E-state index in [9.17, 15) is 22.7 Å². The maximum absolute atomic E-state index is 14.8. The number of hydrogen-bond acceptors (Lipinski definition) is 10. The van der Waals surface area contributed by atoms with Crippen molar-refractivity contribution in [1.82, 2.24) is 24.8 Å². The van der Waals surface area contributed by atoms with Gasteiger partial charge in [-0.05, 0) is 36.4 Å². The summed E-state index contributed by atoms with van der Waals surface area (Å²) in [5.41, 5.74) is 2.54. The predicted molar refractivity (Wildman–Crippen MR) is 171 cm³/mol. The average molecular weight is 659 g/mol. The molecule has 7 rings (SSSR count). The second kappa shape index (κ2) is 11.1. The van der Waals surface area contributed by atoms with Crippen LogP contribution in [0.3, 0.4) is 0 Å². The van der Waals surface area contributed by atoms with Gasteiger partial charge in [-0.1, -0.05) is 6.07 Å². The largest absolute Gasteiger partial charge is 0.481 e. The minimum Gasteiger partial charge on any atom is -0.481 e. The predicted octanol–water partition coefficient (Wildman–Crippen LogP) is 4.36. The van der Waals surface area contributed by atoms with Gasteiger partial charge in [0.05, 0.1) is 42.4 Å². The number of halogens is 1. The molecule has 2 N–H and O–H groups in total. The number of carbonyl (C=O) groups excluding carboxylic acids is 1. The number of methoxy groups -OCH3 is 1. The summed E-state index contributed by atoms with van der Waals surface area (Å²) in [7, 11) is 0.583. The van der Waals surface area contributed by atoms with Crippen molar-refractivity contribution in [1.29, 1.82) is 0 Å². The molecule has 47 heavy (non-hydrogen) atoms. The summed E-state index contributed by atoms with van der Waals surface area (Å²) in [6.45, 7) is -0.412. The van der Waals surface area contributed by atoms with Crippen LogP contribution in [-0.2, 0) is 10.0 Å². The monoisotopic (exact) mass is 658 g/mol. The Hall–Kier alpha value is -5.54. The lowest BCUT2D eigenvalue weighted by molar-refractivity contribution is 0.0603. The fourth-order valence-corrected chi connectivity index (χ4v) is 6.19. The van der Waals surface area contributed by atoms with Gasteiger partial charge in [0, 0.05) is 48.9 Å². The number of nitrogens with one attached hydrogen (secondary N) is 1. The average Bonchev–Trinajstić information content (AvgIpc) is 3.66. The number of anilines is 1. The summed E-state index contributed by atoms with van der Waals surface area (Å²) in [4.78, 5) is 26.9. The van der Waals surface area contributed by atoms with Crippen molar-refractivity contribution in [2.45, 2.75) is 6.23 Å². The van der Waals surface area contributed by atoms with E-state index in [1.165, 1.54) is 45.6 Å². The van der Waals surface area contributed by atoms with Gasteiger partial charge in [-0.25, -0.2) is 27.8 Å². The Labute approximate surface area is 267 Å². The van der Waals surface area contributed by atoms with E-state index in [4.69, 9.17) is 18.9 Å². The number of imidazole rings is 1. The van der Waals surface area contributed by atoms with E-state index >= 15 is 0 Å². The Morgan fingerprint density at radius 2 is 1.98 bits per heavy atom. The zero-order valence-corrected chi connectivity index (χ0v) is 26.3. The molecule has 1 aliphatic rings. The first-order valence-electron chi connectivity index (χ1n) is 14.3. The van der Waals surface area contributed by atoms with Crippen molar-refractivity contribution < 1.29 is 36.6 Å². The molecule has 0 unspecified atom stereocenters. The number of aliphatic hydroxyl groups excluding tert-OH is 1. The number of sulfonamides is 1. The molecule has 0 spiro atoms. The number of rotatable bonds is 7. The molecule has 0 saturated heterocycles. The number of carbonyl (C=O) groups is 1. The van der Waals surface area contributed by atoms with Crippen LogP contribution in [0.1, 0.15) is 16.6 Å². The van der Waals surface area contributed by atoms with Crippen LogP contribution in [0, 0.1) is 5.82 Å². The van der Waals surface area contributed by atoms with Crippen LogP contribution >= 0.6 is 0 Å². The van der Waals surface area contributed by atoms with Gasteiger partial charge in [-0.2, -0.15) is 0 Å². The number of fused-ring (bicyclic) bond motifs is 6. The van der Waals surface area contributed by atoms with Crippen molar-refractivity contribution in [3.63, 3.8) is 0 Å². The molecular formula is C32H27FN6O7S. The van der Waals surface area contributed by atoms with E-state index in [1.807, 2.05) is 0 Å². The summed E-state index contributed by atoms with van der Waals surface area (Å²) in [5.74, 6) is 0.147. The van der Waals surface area contributed by atoms with E-state index < -0.39 is 34.6 Å². The van der Waals surface area contributed by atoms with E-state index in [2.05, 4.69) is 15.3 Å². The summed E-state index contributed by atoms with van der Waals surface area (Å²) in [6, 6.07) is 14.2.